The monoisotopic (exact) mass is 239 g/mol. The molecule has 0 aliphatic heterocycles. The van der Waals surface area contributed by atoms with E-state index in [2.05, 4.69) is 4.74 Å². The zero-order chi connectivity index (χ0) is 13.0. The molecule has 0 saturated heterocycles. The van der Waals surface area contributed by atoms with Crippen molar-refractivity contribution in [1.29, 1.82) is 0 Å². The summed E-state index contributed by atoms with van der Waals surface area (Å²) in [5.74, 6) is 0.456. The lowest BCUT2D eigenvalue weighted by Crippen LogP contribution is -2.10. The predicted octanol–water partition coefficient (Wildman–Crippen LogP) is 1.85. The number of carbonyl (C=O) groups excluding carboxylic acids is 1. The van der Waals surface area contributed by atoms with Gasteiger partial charge < -0.3 is 19.9 Å². The van der Waals surface area contributed by atoms with Crippen LogP contribution in [0.25, 0.3) is 0 Å². The minimum atomic E-state index is -0.503. The first kappa shape index (κ1) is 13.2. The summed E-state index contributed by atoms with van der Waals surface area (Å²) in [6.45, 7) is 3.79. The molecular weight excluding hydrogens is 222 g/mol. The van der Waals surface area contributed by atoms with Crippen LogP contribution in [0.1, 0.15) is 24.2 Å². The van der Waals surface area contributed by atoms with Gasteiger partial charge in [0, 0.05) is 12.1 Å². The summed E-state index contributed by atoms with van der Waals surface area (Å²) in [6, 6.07) is 3.07. The fourth-order valence-corrected chi connectivity index (χ4v) is 1.37. The molecule has 0 spiro atoms. The second-order valence-corrected chi connectivity index (χ2v) is 3.75. The third kappa shape index (κ3) is 3.03. The molecule has 0 amide bonds. The highest BCUT2D eigenvalue weighted by atomic mass is 16.5. The number of carbonyl (C=O) groups is 1. The molecule has 5 nitrogen and oxygen atoms in total. The van der Waals surface area contributed by atoms with E-state index < -0.39 is 5.97 Å². The molecule has 0 heterocycles. The van der Waals surface area contributed by atoms with Gasteiger partial charge in [0.1, 0.15) is 0 Å². The third-order valence-electron chi connectivity index (χ3n) is 2.10. The Morgan fingerprint density at radius 2 is 1.88 bits per heavy atom. The van der Waals surface area contributed by atoms with Crippen molar-refractivity contribution in [3.63, 3.8) is 0 Å². The summed E-state index contributed by atoms with van der Waals surface area (Å²) in [7, 11) is 2.80. The van der Waals surface area contributed by atoms with E-state index in [9.17, 15) is 4.79 Å². The van der Waals surface area contributed by atoms with Crippen molar-refractivity contribution < 1.29 is 19.0 Å². The van der Waals surface area contributed by atoms with Gasteiger partial charge in [0.25, 0.3) is 0 Å². The molecule has 0 aliphatic rings. The fraction of sp³-hybridized carbons (Fsp3) is 0.417. The quantitative estimate of drug-likeness (QED) is 0.641. The van der Waals surface area contributed by atoms with Gasteiger partial charge in [0.05, 0.1) is 31.6 Å². The van der Waals surface area contributed by atoms with Gasteiger partial charge in [-0.15, -0.1) is 0 Å². The van der Waals surface area contributed by atoms with Gasteiger partial charge in [-0.25, -0.2) is 4.79 Å². The Kier molecular flexibility index (Phi) is 4.20. The van der Waals surface area contributed by atoms with Gasteiger partial charge in [0.2, 0.25) is 0 Å². The van der Waals surface area contributed by atoms with E-state index in [0.29, 0.717) is 17.2 Å². The normalized spacial score (nSPS) is 10.2. The summed E-state index contributed by atoms with van der Waals surface area (Å²) in [6.07, 6.45) is -0.00715. The number of hydrogen-bond acceptors (Lipinski definition) is 5. The summed E-state index contributed by atoms with van der Waals surface area (Å²) in [5, 5.41) is 0. The van der Waals surface area contributed by atoms with Crippen molar-refractivity contribution in [2.45, 2.75) is 20.0 Å². The van der Waals surface area contributed by atoms with Crippen molar-refractivity contribution in [2.24, 2.45) is 0 Å². The molecule has 0 saturated carbocycles. The van der Waals surface area contributed by atoms with Gasteiger partial charge in [-0.3, -0.25) is 0 Å². The summed E-state index contributed by atoms with van der Waals surface area (Å²) in [5.41, 5.74) is 6.32. The first-order chi connectivity index (χ1) is 7.99. The topological polar surface area (TPSA) is 70.8 Å². The Morgan fingerprint density at radius 3 is 2.35 bits per heavy atom. The molecular formula is C12H17NO4. The van der Waals surface area contributed by atoms with Crippen molar-refractivity contribution >= 4 is 11.7 Å². The number of hydrogen-bond donors (Lipinski definition) is 1. The largest absolute Gasteiger partial charge is 0.493 e. The summed E-state index contributed by atoms with van der Waals surface area (Å²) in [4.78, 5) is 11.4. The SMILES string of the molecule is COC(=O)c1cc(OC)c(OC(C)C)cc1N. The Bertz CT molecular complexity index is 415. The molecule has 0 unspecified atom stereocenters. The number of esters is 1. The minimum absolute atomic E-state index is 0.00715. The molecule has 1 rings (SSSR count). The summed E-state index contributed by atoms with van der Waals surface area (Å²) >= 11 is 0. The van der Waals surface area contributed by atoms with Gasteiger partial charge in [0.15, 0.2) is 11.5 Å². The Balaban J connectivity index is 3.19. The predicted molar refractivity (Wildman–Crippen MR) is 64.5 cm³/mol. The number of methoxy groups -OCH3 is 2. The number of nitrogen functional groups attached to an aromatic ring is 1. The van der Waals surface area contributed by atoms with E-state index >= 15 is 0 Å². The molecule has 5 heteroatoms. The van der Waals surface area contributed by atoms with Crippen molar-refractivity contribution in [3.8, 4) is 11.5 Å². The van der Waals surface area contributed by atoms with E-state index in [0.717, 1.165) is 0 Å². The lowest BCUT2D eigenvalue weighted by molar-refractivity contribution is 0.0601. The third-order valence-corrected chi connectivity index (χ3v) is 2.10. The van der Waals surface area contributed by atoms with Crippen LogP contribution in [0.2, 0.25) is 0 Å². The van der Waals surface area contributed by atoms with Crippen molar-refractivity contribution in [1.82, 2.24) is 0 Å². The molecule has 17 heavy (non-hydrogen) atoms. The van der Waals surface area contributed by atoms with E-state index in [1.165, 1.54) is 20.3 Å². The molecule has 0 aromatic heterocycles. The first-order valence-electron chi connectivity index (χ1n) is 5.22. The van der Waals surface area contributed by atoms with Crippen LogP contribution in [-0.4, -0.2) is 26.3 Å². The lowest BCUT2D eigenvalue weighted by atomic mass is 10.1. The van der Waals surface area contributed by atoms with E-state index in [1.807, 2.05) is 13.8 Å². The maximum atomic E-state index is 11.4. The van der Waals surface area contributed by atoms with Crippen LogP contribution in [-0.2, 0) is 4.74 Å². The molecule has 0 fully saturated rings. The highest BCUT2D eigenvalue weighted by Gasteiger charge is 2.16. The molecule has 1 aromatic rings. The maximum absolute atomic E-state index is 11.4. The number of nitrogens with two attached hydrogens (primary N) is 1. The van der Waals surface area contributed by atoms with Crippen LogP contribution in [0, 0.1) is 0 Å². The molecule has 0 bridgehead atoms. The van der Waals surface area contributed by atoms with E-state index in [-0.39, 0.29) is 11.7 Å². The zero-order valence-corrected chi connectivity index (χ0v) is 10.4. The van der Waals surface area contributed by atoms with Crippen LogP contribution in [0.4, 0.5) is 5.69 Å². The first-order valence-corrected chi connectivity index (χ1v) is 5.22. The molecule has 0 aliphatic carbocycles. The summed E-state index contributed by atoms with van der Waals surface area (Å²) < 4.78 is 15.3. The zero-order valence-electron chi connectivity index (χ0n) is 10.4. The Hall–Kier alpha value is -1.91. The highest BCUT2D eigenvalue weighted by molar-refractivity contribution is 5.96. The van der Waals surface area contributed by atoms with Crippen LogP contribution >= 0.6 is 0 Å². The Labute approximate surface area is 100 Å². The smallest absolute Gasteiger partial charge is 0.340 e. The van der Waals surface area contributed by atoms with Crippen molar-refractivity contribution in [2.75, 3.05) is 20.0 Å². The fourth-order valence-electron chi connectivity index (χ4n) is 1.37. The van der Waals surface area contributed by atoms with E-state index in [1.54, 1.807) is 6.07 Å². The van der Waals surface area contributed by atoms with Crippen molar-refractivity contribution in [3.05, 3.63) is 17.7 Å². The molecule has 2 N–H and O–H groups in total. The molecule has 1 aromatic carbocycles. The van der Waals surface area contributed by atoms with Crippen LogP contribution in [0.15, 0.2) is 12.1 Å². The molecule has 94 valence electrons. The maximum Gasteiger partial charge on any atom is 0.340 e. The minimum Gasteiger partial charge on any atom is -0.493 e. The van der Waals surface area contributed by atoms with E-state index in [4.69, 9.17) is 15.2 Å². The number of anilines is 1. The average molecular weight is 239 g/mol. The van der Waals surface area contributed by atoms with Gasteiger partial charge in [-0.2, -0.15) is 0 Å². The second kappa shape index (κ2) is 5.43. The van der Waals surface area contributed by atoms with Gasteiger partial charge >= 0.3 is 5.97 Å². The lowest BCUT2D eigenvalue weighted by Gasteiger charge is -2.15. The van der Waals surface area contributed by atoms with Crippen LogP contribution in [0.5, 0.6) is 11.5 Å². The van der Waals surface area contributed by atoms with Crippen LogP contribution < -0.4 is 15.2 Å². The standard InChI is InChI=1S/C12H17NO4/c1-7(2)17-11-6-9(13)8(12(14)16-4)5-10(11)15-3/h5-7H,13H2,1-4H3. The molecule has 0 radical (unpaired) electrons. The molecule has 0 atom stereocenters. The van der Waals surface area contributed by atoms with Gasteiger partial charge in [-0.05, 0) is 13.8 Å². The van der Waals surface area contributed by atoms with Crippen LogP contribution in [0.3, 0.4) is 0 Å². The number of ether oxygens (including phenoxy) is 3. The highest BCUT2D eigenvalue weighted by Crippen LogP contribution is 2.33. The Morgan fingerprint density at radius 1 is 1.24 bits per heavy atom. The van der Waals surface area contributed by atoms with Gasteiger partial charge in [-0.1, -0.05) is 0 Å². The average Bonchev–Trinajstić information content (AvgIpc) is 2.27. The second-order valence-electron chi connectivity index (χ2n) is 3.75. The number of rotatable bonds is 4. The number of benzene rings is 1.